The normalized spacial score (nSPS) is 22.1. The summed E-state index contributed by atoms with van der Waals surface area (Å²) < 4.78 is 15.8. The van der Waals surface area contributed by atoms with Crippen molar-refractivity contribution in [2.24, 2.45) is 5.41 Å². The van der Waals surface area contributed by atoms with Crippen molar-refractivity contribution >= 4 is 5.97 Å². The molecule has 5 nitrogen and oxygen atoms in total. The molecular weight excluding hydrogens is 284 g/mol. The fourth-order valence-electron chi connectivity index (χ4n) is 3.64. The molecule has 5 heteroatoms. The largest absolute Gasteiger partial charge is 0.507 e. The van der Waals surface area contributed by atoms with E-state index < -0.39 is 6.29 Å². The molecular formula is C17H22O5. The van der Waals surface area contributed by atoms with E-state index in [0.717, 1.165) is 29.5 Å². The molecule has 0 aromatic heterocycles. The topological polar surface area (TPSA) is 65.0 Å². The van der Waals surface area contributed by atoms with Gasteiger partial charge in [0.05, 0.1) is 19.3 Å². The Bertz CT molecular complexity index is 633. The summed E-state index contributed by atoms with van der Waals surface area (Å²) in [6.07, 6.45) is 1.55. The third kappa shape index (κ3) is 2.29. The van der Waals surface area contributed by atoms with Crippen molar-refractivity contribution in [1.82, 2.24) is 0 Å². The van der Waals surface area contributed by atoms with E-state index in [1.54, 1.807) is 7.11 Å². The van der Waals surface area contributed by atoms with E-state index in [1.807, 2.05) is 0 Å². The van der Waals surface area contributed by atoms with Gasteiger partial charge in [0.1, 0.15) is 5.75 Å². The average Bonchev–Trinajstić information content (AvgIpc) is 2.82. The fourth-order valence-corrected chi connectivity index (χ4v) is 3.64. The second-order valence-corrected chi connectivity index (χ2v) is 6.83. The molecule has 120 valence electrons. The SMILES string of the molecule is COC(=O)c1c2c(c(O)c3c1CC(C)(C)C3)COC(OC)C2. The van der Waals surface area contributed by atoms with E-state index in [1.165, 1.54) is 7.11 Å². The number of ether oxygens (including phenoxy) is 3. The van der Waals surface area contributed by atoms with E-state index in [9.17, 15) is 9.90 Å². The number of fused-ring (bicyclic) bond motifs is 2. The zero-order valence-electron chi connectivity index (χ0n) is 13.5. The number of carbonyl (C=O) groups is 1. The number of phenols is 1. The second kappa shape index (κ2) is 5.25. The van der Waals surface area contributed by atoms with Crippen LogP contribution in [-0.2, 0) is 40.1 Å². The Morgan fingerprint density at radius 2 is 1.86 bits per heavy atom. The summed E-state index contributed by atoms with van der Waals surface area (Å²) in [4.78, 5) is 12.4. The van der Waals surface area contributed by atoms with Gasteiger partial charge in [0.2, 0.25) is 0 Å². The minimum Gasteiger partial charge on any atom is -0.507 e. The maximum atomic E-state index is 12.4. The standard InChI is InChI=1S/C17H22O5/c1-17(2)6-10-11(7-17)15(18)12-8-22-13(20-3)5-9(12)14(10)16(19)21-4/h13,18H,5-8H2,1-4H3. The van der Waals surface area contributed by atoms with Gasteiger partial charge < -0.3 is 19.3 Å². The van der Waals surface area contributed by atoms with Crippen molar-refractivity contribution < 1.29 is 24.1 Å². The number of benzene rings is 1. The summed E-state index contributed by atoms with van der Waals surface area (Å²) in [5.41, 5.74) is 3.91. The highest BCUT2D eigenvalue weighted by atomic mass is 16.7. The van der Waals surface area contributed by atoms with E-state index in [-0.39, 0.29) is 23.7 Å². The van der Waals surface area contributed by atoms with Crippen molar-refractivity contribution in [3.8, 4) is 5.75 Å². The lowest BCUT2D eigenvalue weighted by Gasteiger charge is -2.28. The maximum Gasteiger partial charge on any atom is 0.338 e. The number of rotatable bonds is 2. The van der Waals surface area contributed by atoms with Crippen LogP contribution in [0.15, 0.2) is 0 Å². The van der Waals surface area contributed by atoms with Crippen LogP contribution < -0.4 is 0 Å². The number of carbonyl (C=O) groups excluding carboxylic acids is 1. The smallest absolute Gasteiger partial charge is 0.338 e. The summed E-state index contributed by atoms with van der Waals surface area (Å²) >= 11 is 0. The zero-order chi connectivity index (χ0) is 16.1. The molecule has 0 fully saturated rings. The lowest BCUT2D eigenvalue weighted by Crippen LogP contribution is -2.27. The lowest BCUT2D eigenvalue weighted by molar-refractivity contribution is -0.138. The van der Waals surface area contributed by atoms with E-state index in [0.29, 0.717) is 17.5 Å². The van der Waals surface area contributed by atoms with Crippen LogP contribution in [0, 0.1) is 5.41 Å². The van der Waals surface area contributed by atoms with Gasteiger partial charge >= 0.3 is 5.97 Å². The number of hydrogen-bond acceptors (Lipinski definition) is 5. The van der Waals surface area contributed by atoms with Gasteiger partial charge in [-0.2, -0.15) is 0 Å². The first-order valence-corrected chi connectivity index (χ1v) is 7.49. The Morgan fingerprint density at radius 3 is 2.50 bits per heavy atom. The molecule has 1 aliphatic carbocycles. The molecule has 2 aliphatic rings. The Morgan fingerprint density at radius 1 is 1.18 bits per heavy atom. The van der Waals surface area contributed by atoms with Crippen LogP contribution in [0.1, 0.15) is 46.5 Å². The highest BCUT2D eigenvalue weighted by Crippen LogP contribution is 2.47. The predicted octanol–water partition coefficient (Wildman–Crippen LogP) is 2.35. The number of hydrogen-bond donors (Lipinski definition) is 1. The molecule has 0 amide bonds. The van der Waals surface area contributed by atoms with Gasteiger partial charge in [-0.05, 0) is 34.9 Å². The van der Waals surface area contributed by atoms with Crippen molar-refractivity contribution in [3.63, 3.8) is 0 Å². The Hall–Kier alpha value is -1.59. The molecule has 1 aromatic rings. The molecule has 1 unspecified atom stereocenters. The molecule has 0 spiro atoms. The first kappa shape index (κ1) is 15.3. The monoisotopic (exact) mass is 306 g/mol. The third-order valence-corrected chi connectivity index (χ3v) is 4.65. The lowest BCUT2D eigenvalue weighted by atomic mass is 9.88. The quantitative estimate of drug-likeness (QED) is 0.850. The van der Waals surface area contributed by atoms with Gasteiger partial charge in [-0.3, -0.25) is 0 Å². The summed E-state index contributed by atoms with van der Waals surface area (Å²) in [7, 11) is 2.96. The zero-order valence-corrected chi connectivity index (χ0v) is 13.5. The van der Waals surface area contributed by atoms with Crippen molar-refractivity contribution in [2.45, 2.75) is 46.0 Å². The van der Waals surface area contributed by atoms with Gasteiger partial charge in [-0.1, -0.05) is 13.8 Å². The number of phenolic OH excluding ortho intramolecular Hbond substituents is 1. The molecule has 1 heterocycles. The van der Waals surface area contributed by atoms with E-state index in [2.05, 4.69) is 13.8 Å². The Balaban J connectivity index is 2.23. The summed E-state index contributed by atoms with van der Waals surface area (Å²) in [6, 6.07) is 0. The van der Waals surface area contributed by atoms with Crippen LogP contribution in [0.25, 0.3) is 0 Å². The minimum atomic E-state index is -0.400. The van der Waals surface area contributed by atoms with Crippen LogP contribution in [0.2, 0.25) is 0 Å². The van der Waals surface area contributed by atoms with Gasteiger partial charge in [0.15, 0.2) is 6.29 Å². The number of methoxy groups -OCH3 is 2. The molecule has 0 saturated heterocycles. The molecule has 1 N–H and O–H groups in total. The predicted molar refractivity (Wildman–Crippen MR) is 79.9 cm³/mol. The maximum absolute atomic E-state index is 12.4. The van der Waals surface area contributed by atoms with Crippen molar-refractivity contribution in [1.29, 1.82) is 0 Å². The van der Waals surface area contributed by atoms with Gasteiger partial charge in [-0.25, -0.2) is 4.79 Å². The van der Waals surface area contributed by atoms with Crippen molar-refractivity contribution in [2.75, 3.05) is 14.2 Å². The van der Waals surface area contributed by atoms with Crippen LogP contribution >= 0.6 is 0 Å². The molecule has 1 aliphatic heterocycles. The van der Waals surface area contributed by atoms with Crippen LogP contribution in [0.4, 0.5) is 0 Å². The molecule has 22 heavy (non-hydrogen) atoms. The van der Waals surface area contributed by atoms with E-state index >= 15 is 0 Å². The Kier molecular flexibility index (Phi) is 3.65. The molecule has 3 rings (SSSR count). The van der Waals surface area contributed by atoms with Crippen molar-refractivity contribution in [3.05, 3.63) is 27.8 Å². The first-order valence-electron chi connectivity index (χ1n) is 7.49. The molecule has 0 bridgehead atoms. The van der Waals surface area contributed by atoms with Crippen LogP contribution in [-0.4, -0.2) is 31.6 Å². The summed E-state index contributed by atoms with van der Waals surface area (Å²) in [6.45, 7) is 4.53. The van der Waals surface area contributed by atoms with Gasteiger partial charge in [0, 0.05) is 19.1 Å². The average molecular weight is 306 g/mol. The molecule has 0 saturated carbocycles. The van der Waals surface area contributed by atoms with E-state index in [4.69, 9.17) is 14.2 Å². The van der Waals surface area contributed by atoms with Crippen LogP contribution in [0.5, 0.6) is 5.75 Å². The van der Waals surface area contributed by atoms with Gasteiger partial charge in [-0.15, -0.1) is 0 Å². The summed E-state index contributed by atoms with van der Waals surface area (Å²) in [5, 5.41) is 10.7. The van der Waals surface area contributed by atoms with Crippen LogP contribution in [0.3, 0.4) is 0 Å². The second-order valence-electron chi connectivity index (χ2n) is 6.83. The fraction of sp³-hybridized carbons (Fsp3) is 0.588. The molecule has 1 aromatic carbocycles. The number of esters is 1. The highest BCUT2D eigenvalue weighted by molar-refractivity contribution is 5.94. The highest BCUT2D eigenvalue weighted by Gasteiger charge is 2.39. The first-order chi connectivity index (χ1) is 10.4. The third-order valence-electron chi connectivity index (χ3n) is 4.65. The Labute approximate surface area is 130 Å². The number of aromatic hydroxyl groups is 1. The molecule has 0 radical (unpaired) electrons. The summed E-state index contributed by atoms with van der Waals surface area (Å²) in [5.74, 6) is -0.0697. The molecule has 1 atom stereocenters. The van der Waals surface area contributed by atoms with Gasteiger partial charge in [0.25, 0.3) is 0 Å². The minimum absolute atomic E-state index is 0.0219.